The minimum Gasteiger partial charge on any atom is -0.364 e. The van der Waals surface area contributed by atoms with Gasteiger partial charge in [-0.25, -0.2) is 0 Å². The molecule has 4 nitrogen and oxygen atoms in total. The van der Waals surface area contributed by atoms with E-state index in [1.807, 2.05) is 30.3 Å². The van der Waals surface area contributed by atoms with Crippen molar-refractivity contribution in [1.29, 1.82) is 0 Å². The highest BCUT2D eigenvalue weighted by atomic mass is 16.5. The topological polar surface area (TPSA) is 51.2 Å². The lowest BCUT2D eigenvalue weighted by Gasteiger charge is -2.40. The molecule has 1 amide bonds. The molecule has 4 atom stereocenters. The summed E-state index contributed by atoms with van der Waals surface area (Å²) >= 11 is 0. The third-order valence-corrected chi connectivity index (χ3v) is 7.45. The highest BCUT2D eigenvalue weighted by Crippen LogP contribution is 2.75. The summed E-state index contributed by atoms with van der Waals surface area (Å²) in [6, 6.07) is 9.82. The Bertz CT molecular complexity index is 860. The minimum absolute atomic E-state index is 0.00841. The molecule has 1 aliphatic heterocycles. The van der Waals surface area contributed by atoms with E-state index in [0.717, 1.165) is 29.4 Å². The molecule has 1 aromatic heterocycles. The Kier molecular flexibility index (Phi) is 2.62. The van der Waals surface area contributed by atoms with Gasteiger partial charge in [0.1, 0.15) is 0 Å². The molecule has 2 aromatic rings. The van der Waals surface area contributed by atoms with Crippen molar-refractivity contribution in [3.8, 4) is 0 Å². The molecule has 0 radical (unpaired) electrons. The first-order valence-corrected chi connectivity index (χ1v) is 8.79. The molecule has 1 N–H and O–H groups in total. The van der Waals surface area contributed by atoms with Crippen LogP contribution >= 0.6 is 0 Å². The highest BCUT2D eigenvalue weighted by Gasteiger charge is 2.78. The van der Waals surface area contributed by atoms with Crippen LogP contribution in [-0.4, -0.2) is 23.1 Å². The zero-order valence-corrected chi connectivity index (χ0v) is 14.1. The number of anilines is 1. The molecule has 124 valence electrons. The summed E-state index contributed by atoms with van der Waals surface area (Å²) in [5, 5.41) is 4.18. The number of hydrogen-bond acceptors (Lipinski definition) is 3. The summed E-state index contributed by atoms with van der Waals surface area (Å²) in [7, 11) is 0. The van der Waals surface area contributed by atoms with E-state index >= 15 is 0 Å². The maximum atomic E-state index is 13.3. The fourth-order valence-electron chi connectivity index (χ4n) is 5.69. The Labute approximate surface area is 141 Å². The van der Waals surface area contributed by atoms with Gasteiger partial charge >= 0.3 is 0 Å². The number of para-hydroxylation sites is 1. The van der Waals surface area contributed by atoms with Gasteiger partial charge in [-0.1, -0.05) is 32.0 Å². The van der Waals surface area contributed by atoms with Crippen LogP contribution in [0.15, 0.2) is 36.5 Å². The SMILES string of the molecule is CC12COC3(C(=O)Nc4cccc5cccnc45)CC1CCC32C. The molecule has 1 saturated heterocycles. The summed E-state index contributed by atoms with van der Waals surface area (Å²) in [6.07, 6.45) is 4.92. The number of nitrogens with zero attached hydrogens (tertiary/aromatic N) is 1. The average Bonchev–Trinajstić information content (AvgIpc) is 3.06. The van der Waals surface area contributed by atoms with Crippen LogP contribution in [0.4, 0.5) is 5.69 Å². The number of hydrogen-bond donors (Lipinski definition) is 1. The van der Waals surface area contributed by atoms with Crippen LogP contribution in [0.1, 0.15) is 33.1 Å². The van der Waals surface area contributed by atoms with Gasteiger partial charge in [0.25, 0.3) is 5.91 Å². The van der Waals surface area contributed by atoms with Crippen LogP contribution in [0.5, 0.6) is 0 Å². The standard InChI is InChI=1S/C20H22N2O2/c1-18-12-24-20(11-14(18)8-9-19(18,20)2)17(23)22-15-7-3-5-13-6-4-10-21-16(13)15/h3-7,10,14H,8-9,11-12H2,1-2H3,(H,22,23). The highest BCUT2D eigenvalue weighted by molar-refractivity contribution is 6.04. The maximum absolute atomic E-state index is 13.3. The predicted molar refractivity (Wildman–Crippen MR) is 92.6 cm³/mol. The molecule has 5 rings (SSSR count). The largest absolute Gasteiger partial charge is 0.364 e. The molecule has 3 aliphatic rings. The molecule has 1 aromatic carbocycles. The third kappa shape index (κ3) is 1.44. The van der Waals surface area contributed by atoms with Crippen molar-refractivity contribution in [3.63, 3.8) is 0 Å². The number of nitrogens with one attached hydrogen (secondary N) is 1. The summed E-state index contributed by atoms with van der Waals surface area (Å²) in [5.74, 6) is 0.613. The van der Waals surface area contributed by atoms with E-state index in [1.165, 1.54) is 6.42 Å². The average molecular weight is 322 g/mol. The summed E-state index contributed by atoms with van der Waals surface area (Å²) in [4.78, 5) is 17.8. The Balaban J connectivity index is 1.54. The van der Waals surface area contributed by atoms with Crippen molar-refractivity contribution >= 4 is 22.5 Å². The first-order chi connectivity index (χ1) is 11.5. The van der Waals surface area contributed by atoms with Gasteiger partial charge in [-0.2, -0.15) is 0 Å². The molecule has 2 heterocycles. The van der Waals surface area contributed by atoms with E-state index in [-0.39, 0.29) is 16.7 Å². The van der Waals surface area contributed by atoms with Gasteiger partial charge in [-0.3, -0.25) is 9.78 Å². The van der Waals surface area contributed by atoms with E-state index in [1.54, 1.807) is 6.20 Å². The second kappa shape index (κ2) is 4.37. The summed E-state index contributed by atoms with van der Waals surface area (Å²) in [5.41, 5.74) is 1.00. The number of benzene rings is 1. The van der Waals surface area contributed by atoms with Gasteiger partial charge in [-0.05, 0) is 37.3 Å². The maximum Gasteiger partial charge on any atom is 0.257 e. The molecule has 4 bridgehead atoms. The number of fused-ring (bicyclic) bond motifs is 1. The van der Waals surface area contributed by atoms with Gasteiger partial charge in [0.05, 0.1) is 17.8 Å². The van der Waals surface area contributed by atoms with Crippen LogP contribution in [0.2, 0.25) is 0 Å². The molecule has 24 heavy (non-hydrogen) atoms. The van der Waals surface area contributed by atoms with Gasteiger partial charge in [-0.15, -0.1) is 0 Å². The number of ether oxygens (including phenoxy) is 1. The summed E-state index contributed by atoms with van der Waals surface area (Å²) in [6.45, 7) is 5.27. The minimum atomic E-state index is -0.679. The second-order valence-corrected chi connectivity index (χ2v) is 8.14. The van der Waals surface area contributed by atoms with Crippen LogP contribution in [0, 0.1) is 16.7 Å². The van der Waals surface area contributed by atoms with E-state index < -0.39 is 5.60 Å². The molecular formula is C20H22N2O2. The van der Waals surface area contributed by atoms with E-state index in [2.05, 4.69) is 24.1 Å². The van der Waals surface area contributed by atoms with Crippen molar-refractivity contribution < 1.29 is 9.53 Å². The third-order valence-electron chi connectivity index (χ3n) is 7.45. The van der Waals surface area contributed by atoms with E-state index in [9.17, 15) is 4.79 Å². The fraction of sp³-hybridized carbons (Fsp3) is 0.500. The number of amides is 1. The number of rotatable bonds is 2. The fourth-order valence-corrected chi connectivity index (χ4v) is 5.69. The van der Waals surface area contributed by atoms with Crippen molar-refractivity contribution in [1.82, 2.24) is 4.98 Å². The van der Waals surface area contributed by atoms with Crippen LogP contribution in [0.25, 0.3) is 10.9 Å². The first kappa shape index (κ1) is 14.4. The van der Waals surface area contributed by atoms with Crippen molar-refractivity contribution in [2.75, 3.05) is 11.9 Å². The Morgan fingerprint density at radius 3 is 2.92 bits per heavy atom. The second-order valence-electron chi connectivity index (χ2n) is 8.14. The zero-order valence-electron chi connectivity index (χ0n) is 14.1. The lowest BCUT2D eigenvalue weighted by molar-refractivity contribution is -0.149. The monoisotopic (exact) mass is 322 g/mol. The number of carbonyl (C=O) groups excluding carboxylic acids is 1. The lowest BCUT2D eigenvalue weighted by Crippen LogP contribution is -2.52. The van der Waals surface area contributed by atoms with Gasteiger partial charge in [0, 0.05) is 22.4 Å². The molecule has 2 aliphatic carbocycles. The predicted octanol–water partition coefficient (Wildman–Crippen LogP) is 3.77. The first-order valence-electron chi connectivity index (χ1n) is 8.79. The number of pyridine rings is 1. The zero-order chi connectivity index (χ0) is 16.6. The van der Waals surface area contributed by atoms with Crippen molar-refractivity contribution in [2.24, 2.45) is 16.7 Å². The molecule has 3 fully saturated rings. The van der Waals surface area contributed by atoms with E-state index in [0.29, 0.717) is 12.5 Å². The molecule has 0 spiro atoms. The quantitative estimate of drug-likeness (QED) is 0.915. The Morgan fingerprint density at radius 1 is 1.29 bits per heavy atom. The Hall–Kier alpha value is -1.94. The van der Waals surface area contributed by atoms with Crippen LogP contribution in [0.3, 0.4) is 0 Å². The van der Waals surface area contributed by atoms with Gasteiger partial charge < -0.3 is 10.1 Å². The van der Waals surface area contributed by atoms with Crippen molar-refractivity contribution in [3.05, 3.63) is 36.5 Å². The van der Waals surface area contributed by atoms with Crippen LogP contribution < -0.4 is 5.32 Å². The van der Waals surface area contributed by atoms with Gasteiger partial charge in [0.15, 0.2) is 5.60 Å². The lowest BCUT2D eigenvalue weighted by atomic mass is 9.66. The normalized spacial score (nSPS) is 39.5. The molecular weight excluding hydrogens is 300 g/mol. The molecule has 4 heteroatoms. The molecule has 2 saturated carbocycles. The van der Waals surface area contributed by atoms with Crippen molar-refractivity contribution in [2.45, 2.75) is 38.7 Å². The molecule has 4 unspecified atom stereocenters. The smallest absolute Gasteiger partial charge is 0.257 e. The number of aromatic nitrogens is 1. The summed E-state index contributed by atoms with van der Waals surface area (Å²) < 4.78 is 6.19. The Morgan fingerprint density at radius 2 is 2.12 bits per heavy atom. The van der Waals surface area contributed by atoms with E-state index in [4.69, 9.17) is 4.74 Å². The number of carbonyl (C=O) groups is 1. The van der Waals surface area contributed by atoms with Crippen LogP contribution in [-0.2, 0) is 9.53 Å². The van der Waals surface area contributed by atoms with Gasteiger partial charge in [0.2, 0.25) is 0 Å².